The first-order valence-electron chi connectivity index (χ1n) is 8.90. The lowest BCUT2D eigenvalue weighted by atomic mass is 9.76. The average molecular weight is 362 g/mol. The number of hydrogen-bond acceptors (Lipinski definition) is 5. The van der Waals surface area contributed by atoms with Gasteiger partial charge < -0.3 is 4.98 Å². The van der Waals surface area contributed by atoms with Gasteiger partial charge in [0.2, 0.25) is 0 Å². The van der Waals surface area contributed by atoms with Gasteiger partial charge in [0.1, 0.15) is 5.82 Å². The van der Waals surface area contributed by atoms with Crippen LogP contribution in [0.5, 0.6) is 0 Å². The van der Waals surface area contributed by atoms with Gasteiger partial charge in [-0.05, 0) is 29.9 Å². The van der Waals surface area contributed by atoms with Crippen LogP contribution in [0.3, 0.4) is 0 Å². The summed E-state index contributed by atoms with van der Waals surface area (Å²) in [5.41, 5.74) is 1.06. The van der Waals surface area contributed by atoms with Gasteiger partial charge in [0.25, 0.3) is 5.56 Å². The number of hydrogen-bond donors (Lipinski definition) is 2. The summed E-state index contributed by atoms with van der Waals surface area (Å²) >= 11 is 0. The van der Waals surface area contributed by atoms with Crippen molar-refractivity contribution in [2.45, 2.75) is 31.1 Å². The van der Waals surface area contributed by atoms with E-state index in [9.17, 15) is 9.59 Å². The highest BCUT2D eigenvalue weighted by atomic mass is 16.2. The Morgan fingerprint density at radius 3 is 2.96 bits per heavy atom. The number of nitrogens with one attached hydrogen (secondary N) is 2. The van der Waals surface area contributed by atoms with E-state index in [1.165, 1.54) is 11.8 Å². The second kappa shape index (κ2) is 5.60. The molecule has 8 heteroatoms. The Kier molecular flexibility index (Phi) is 3.30. The lowest BCUT2D eigenvalue weighted by Gasteiger charge is -2.33. The van der Waals surface area contributed by atoms with Crippen LogP contribution in [0.2, 0.25) is 0 Å². The van der Waals surface area contributed by atoms with E-state index >= 15 is 0 Å². The third-order valence-electron chi connectivity index (χ3n) is 5.75. The van der Waals surface area contributed by atoms with Crippen molar-refractivity contribution in [1.29, 1.82) is 0 Å². The maximum Gasteiger partial charge on any atom is 0.325 e. The number of rotatable bonds is 3. The van der Waals surface area contributed by atoms with E-state index in [0.29, 0.717) is 29.5 Å². The minimum absolute atomic E-state index is 0.260. The third-order valence-corrected chi connectivity index (χ3v) is 5.75. The standard InChI is InChI=1S/C19H18N6O2/c1-19(14-7-12(14)11-3-2-4-20-9-11)8-15(24-25-6-5-21-17(19)25)13-10-22-18(27)23-16(13)26/h2-6,9-10,12,14H,7-8H2,1H3,(H2,22,23,26,27)/t12-,14+,19?/m1/s1. The van der Waals surface area contributed by atoms with Gasteiger partial charge in [0.05, 0.1) is 11.3 Å². The summed E-state index contributed by atoms with van der Waals surface area (Å²) in [5.74, 6) is 1.71. The Bertz CT molecular complexity index is 1160. The van der Waals surface area contributed by atoms with Crippen LogP contribution in [-0.4, -0.2) is 30.3 Å². The van der Waals surface area contributed by atoms with E-state index in [-0.39, 0.29) is 5.41 Å². The lowest BCUT2D eigenvalue weighted by Crippen LogP contribution is -2.38. The Morgan fingerprint density at radius 2 is 2.19 bits per heavy atom. The minimum atomic E-state index is -0.523. The molecule has 136 valence electrons. The third kappa shape index (κ3) is 2.48. The van der Waals surface area contributed by atoms with Crippen LogP contribution in [0.1, 0.15) is 42.6 Å². The first-order chi connectivity index (χ1) is 13.1. The van der Waals surface area contributed by atoms with Crippen LogP contribution in [-0.2, 0) is 5.41 Å². The number of pyridine rings is 1. The molecule has 0 saturated heterocycles. The summed E-state index contributed by atoms with van der Waals surface area (Å²) in [7, 11) is 0. The first kappa shape index (κ1) is 15.9. The maximum atomic E-state index is 12.3. The summed E-state index contributed by atoms with van der Waals surface area (Å²) < 4.78 is 1.75. The van der Waals surface area contributed by atoms with Crippen LogP contribution < -0.4 is 11.2 Å². The van der Waals surface area contributed by atoms with Crippen molar-refractivity contribution in [2.75, 3.05) is 0 Å². The monoisotopic (exact) mass is 362 g/mol. The topological polar surface area (TPSA) is 109 Å². The van der Waals surface area contributed by atoms with Crippen LogP contribution in [0.15, 0.2) is 57.8 Å². The molecule has 0 bridgehead atoms. The van der Waals surface area contributed by atoms with Crippen molar-refractivity contribution in [2.24, 2.45) is 11.0 Å². The average Bonchev–Trinajstić information content (AvgIpc) is 3.33. The van der Waals surface area contributed by atoms with E-state index in [0.717, 1.165) is 12.2 Å². The predicted octanol–water partition coefficient (Wildman–Crippen LogP) is 1.37. The Balaban J connectivity index is 1.56. The molecule has 2 aliphatic rings. The van der Waals surface area contributed by atoms with E-state index in [2.05, 4.69) is 38.0 Å². The molecule has 1 saturated carbocycles. The first-order valence-corrected chi connectivity index (χ1v) is 8.90. The van der Waals surface area contributed by atoms with Gasteiger partial charge in [0, 0.05) is 42.8 Å². The molecule has 1 aliphatic carbocycles. The molecule has 0 spiro atoms. The molecule has 0 radical (unpaired) electrons. The Hall–Kier alpha value is -3.29. The molecule has 5 rings (SSSR count). The summed E-state index contributed by atoms with van der Waals surface area (Å²) in [5, 5.41) is 4.59. The summed E-state index contributed by atoms with van der Waals surface area (Å²) in [6.07, 6.45) is 10.3. The van der Waals surface area contributed by atoms with Crippen LogP contribution in [0, 0.1) is 5.92 Å². The van der Waals surface area contributed by atoms with Crippen molar-refractivity contribution in [3.8, 4) is 0 Å². The van der Waals surface area contributed by atoms with Crippen LogP contribution >= 0.6 is 0 Å². The quantitative estimate of drug-likeness (QED) is 0.733. The highest BCUT2D eigenvalue weighted by Crippen LogP contribution is 2.59. The molecule has 3 aromatic rings. The zero-order valence-corrected chi connectivity index (χ0v) is 14.7. The smallest absolute Gasteiger partial charge is 0.313 e. The van der Waals surface area contributed by atoms with Gasteiger partial charge in [0.15, 0.2) is 0 Å². The normalized spacial score (nSPS) is 26.3. The highest BCUT2D eigenvalue weighted by Gasteiger charge is 2.55. The van der Waals surface area contributed by atoms with Gasteiger partial charge in [-0.25, -0.2) is 14.5 Å². The highest BCUT2D eigenvalue weighted by molar-refractivity contribution is 6.01. The van der Waals surface area contributed by atoms with E-state index in [4.69, 9.17) is 0 Å². The molecule has 0 aromatic carbocycles. The molecule has 3 atom stereocenters. The Labute approximate surface area is 154 Å². The molecule has 8 nitrogen and oxygen atoms in total. The number of aromatic nitrogens is 5. The molecule has 1 unspecified atom stereocenters. The number of fused-ring (bicyclic) bond motifs is 1. The van der Waals surface area contributed by atoms with Crippen molar-refractivity contribution >= 4 is 5.71 Å². The number of aromatic amines is 2. The van der Waals surface area contributed by atoms with E-state index < -0.39 is 11.2 Å². The number of H-pyrrole nitrogens is 2. The molecule has 1 fully saturated rings. The van der Waals surface area contributed by atoms with Gasteiger partial charge in [-0.3, -0.25) is 14.8 Å². The second-order valence-corrected chi connectivity index (χ2v) is 7.46. The van der Waals surface area contributed by atoms with Crippen molar-refractivity contribution in [3.05, 3.63) is 80.9 Å². The predicted molar refractivity (Wildman–Crippen MR) is 98.9 cm³/mol. The largest absolute Gasteiger partial charge is 0.325 e. The molecule has 4 heterocycles. The van der Waals surface area contributed by atoms with E-state index in [1.54, 1.807) is 23.3 Å². The lowest BCUT2D eigenvalue weighted by molar-refractivity contribution is 0.366. The summed E-state index contributed by atoms with van der Waals surface area (Å²) in [6, 6.07) is 4.07. The zero-order valence-electron chi connectivity index (χ0n) is 14.7. The molecule has 1 aliphatic heterocycles. The van der Waals surface area contributed by atoms with E-state index in [1.807, 2.05) is 12.3 Å². The van der Waals surface area contributed by atoms with Gasteiger partial charge in [-0.15, -0.1) is 0 Å². The molecule has 27 heavy (non-hydrogen) atoms. The molecule has 0 amide bonds. The van der Waals surface area contributed by atoms with Crippen molar-refractivity contribution < 1.29 is 0 Å². The SMILES string of the molecule is CC1([C@H]2C[C@@H]2c2cccnc2)CC(c2c[nH]c(=O)[nH]c2=O)=Nn2ccnc21. The zero-order chi connectivity index (χ0) is 18.6. The minimum Gasteiger partial charge on any atom is -0.313 e. The second-order valence-electron chi connectivity index (χ2n) is 7.46. The van der Waals surface area contributed by atoms with Gasteiger partial charge in [-0.1, -0.05) is 13.0 Å². The number of imidazole rings is 1. The Morgan fingerprint density at radius 1 is 1.30 bits per heavy atom. The fourth-order valence-electron chi connectivity index (χ4n) is 4.31. The molecule has 2 N–H and O–H groups in total. The van der Waals surface area contributed by atoms with Crippen LogP contribution in [0.4, 0.5) is 0 Å². The summed E-state index contributed by atoms with van der Waals surface area (Å²) in [6.45, 7) is 2.18. The number of nitrogens with zero attached hydrogens (tertiary/aromatic N) is 4. The fourth-order valence-corrected chi connectivity index (χ4v) is 4.31. The molecule has 3 aromatic heterocycles. The molecular formula is C19H18N6O2. The van der Waals surface area contributed by atoms with Crippen molar-refractivity contribution in [3.63, 3.8) is 0 Å². The fraction of sp³-hybridized carbons (Fsp3) is 0.316. The van der Waals surface area contributed by atoms with Gasteiger partial charge >= 0.3 is 5.69 Å². The van der Waals surface area contributed by atoms with Gasteiger partial charge in [-0.2, -0.15) is 5.10 Å². The maximum absolute atomic E-state index is 12.3. The van der Waals surface area contributed by atoms with Crippen LogP contribution in [0.25, 0.3) is 0 Å². The molecular weight excluding hydrogens is 344 g/mol. The van der Waals surface area contributed by atoms with Crippen molar-refractivity contribution in [1.82, 2.24) is 24.6 Å². The summed E-state index contributed by atoms with van der Waals surface area (Å²) in [4.78, 5) is 37.3.